The van der Waals surface area contributed by atoms with E-state index < -0.39 is 23.1 Å². The summed E-state index contributed by atoms with van der Waals surface area (Å²) in [6.07, 6.45) is -3.82. The molecule has 0 spiro atoms. The lowest BCUT2D eigenvalue weighted by molar-refractivity contribution is -0.149. The van der Waals surface area contributed by atoms with E-state index in [1.807, 2.05) is 0 Å². The molecule has 0 radical (unpaired) electrons. The lowest BCUT2D eigenvalue weighted by atomic mass is 9.81. The predicted octanol–water partition coefficient (Wildman–Crippen LogP) is 2.74. The minimum atomic E-state index is -4.38. The maximum absolute atomic E-state index is 12.4. The number of carboxylic acids is 1. The van der Waals surface area contributed by atoms with E-state index >= 15 is 0 Å². The first-order chi connectivity index (χ1) is 8.83. The summed E-state index contributed by atoms with van der Waals surface area (Å²) in [4.78, 5) is 11.3. The zero-order valence-corrected chi connectivity index (χ0v) is 10.0. The molecular weight excluding hydrogens is 261 g/mol. The van der Waals surface area contributed by atoms with Gasteiger partial charge in [0.15, 0.2) is 0 Å². The van der Waals surface area contributed by atoms with Gasteiger partial charge in [-0.3, -0.25) is 4.79 Å². The Balaban J connectivity index is 2.17. The van der Waals surface area contributed by atoms with Gasteiger partial charge in [-0.15, -0.1) is 0 Å². The Bertz CT molecular complexity index is 459. The molecule has 1 saturated heterocycles. The van der Waals surface area contributed by atoms with Gasteiger partial charge in [0, 0.05) is 6.61 Å². The third-order valence-electron chi connectivity index (χ3n) is 3.38. The predicted molar refractivity (Wildman–Crippen MR) is 60.7 cm³/mol. The maximum atomic E-state index is 12.4. The summed E-state index contributed by atoms with van der Waals surface area (Å²) >= 11 is 0. The van der Waals surface area contributed by atoms with Crippen LogP contribution in [-0.4, -0.2) is 24.3 Å². The smallest absolute Gasteiger partial charge is 0.416 e. The average molecular weight is 274 g/mol. The van der Waals surface area contributed by atoms with Crippen LogP contribution in [0.2, 0.25) is 0 Å². The number of hydrogen-bond acceptors (Lipinski definition) is 2. The largest absolute Gasteiger partial charge is 0.481 e. The molecule has 2 rings (SSSR count). The molecule has 104 valence electrons. The first-order valence-corrected chi connectivity index (χ1v) is 5.81. The van der Waals surface area contributed by atoms with Crippen molar-refractivity contribution in [3.05, 3.63) is 35.4 Å². The fraction of sp³-hybridized carbons (Fsp3) is 0.462. The first kappa shape index (κ1) is 13.9. The molecule has 3 nitrogen and oxygen atoms in total. The van der Waals surface area contributed by atoms with Crippen LogP contribution in [0.4, 0.5) is 13.2 Å². The van der Waals surface area contributed by atoms with Gasteiger partial charge in [0.25, 0.3) is 0 Å². The number of aliphatic carboxylic acids is 1. The average Bonchev–Trinajstić information content (AvgIpc) is 2.78. The Kier molecular flexibility index (Phi) is 3.54. The molecule has 6 heteroatoms. The van der Waals surface area contributed by atoms with Crippen LogP contribution in [-0.2, 0) is 22.1 Å². The minimum Gasteiger partial charge on any atom is -0.481 e. The molecule has 1 N–H and O–H groups in total. The molecule has 1 fully saturated rings. The van der Waals surface area contributed by atoms with Gasteiger partial charge < -0.3 is 9.84 Å². The van der Waals surface area contributed by atoms with Crippen molar-refractivity contribution in [3.63, 3.8) is 0 Å². The van der Waals surface area contributed by atoms with E-state index in [1.165, 1.54) is 12.1 Å². The van der Waals surface area contributed by atoms with Gasteiger partial charge >= 0.3 is 12.1 Å². The molecular formula is C13H13F3O3. The van der Waals surface area contributed by atoms with Gasteiger partial charge in [-0.1, -0.05) is 12.1 Å². The van der Waals surface area contributed by atoms with Crippen LogP contribution in [0.15, 0.2) is 24.3 Å². The van der Waals surface area contributed by atoms with Crippen molar-refractivity contribution in [1.29, 1.82) is 0 Å². The lowest BCUT2D eigenvalue weighted by Gasteiger charge is -2.22. The van der Waals surface area contributed by atoms with Crippen LogP contribution in [0, 0.1) is 5.41 Å². The van der Waals surface area contributed by atoms with E-state index in [0.29, 0.717) is 18.6 Å². The molecule has 1 aliphatic rings. The number of hydrogen-bond donors (Lipinski definition) is 1. The quantitative estimate of drug-likeness (QED) is 0.921. The van der Waals surface area contributed by atoms with Gasteiger partial charge in [-0.2, -0.15) is 13.2 Å². The van der Waals surface area contributed by atoms with Crippen molar-refractivity contribution in [3.8, 4) is 0 Å². The Labute approximate surface area is 108 Å². The summed E-state index contributed by atoms with van der Waals surface area (Å²) in [6.45, 7) is 0.469. The molecule has 1 aliphatic heterocycles. The highest BCUT2D eigenvalue weighted by atomic mass is 19.4. The number of carboxylic acid groups (broad SMARTS) is 1. The molecule has 0 aliphatic carbocycles. The van der Waals surface area contributed by atoms with Gasteiger partial charge in [0.05, 0.1) is 17.6 Å². The van der Waals surface area contributed by atoms with Crippen LogP contribution in [0.25, 0.3) is 0 Å². The highest BCUT2D eigenvalue weighted by molar-refractivity contribution is 5.75. The van der Waals surface area contributed by atoms with E-state index in [9.17, 15) is 23.1 Å². The molecule has 0 saturated carbocycles. The zero-order valence-electron chi connectivity index (χ0n) is 10.0. The topological polar surface area (TPSA) is 46.5 Å². The summed E-state index contributed by atoms with van der Waals surface area (Å²) in [5.41, 5.74) is -1.18. The molecule has 19 heavy (non-hydrogen) atoms. The monoisotopic (exact) mass is 274 g/mol. The number of carbonyl (C=O) groups is 1. The standard InChI is InChI=1S/C13H13F3O3/c14-13(15,16)10-3-1-9(2-4-10)7-12(11(17)18)5-6-19-8-12/h1-4H,5-8H2,(H,17,18)/t12-/m0/s1. The normalized spacial score (nSPS) is 23.5. The van der Waals surface area contributed by atoms with Crippen LogP contribution in [0.5, 0.6) is 0 Å². The summed E-state index contributed by atoms with van der Waals surface area (Å²) < 4.78 is 42.4. The fourth-order valence-electron chi connectivity index (χ4n) is 2.19. The Morgan fingerprint density at radius 2 is 1.95 bits per heavy atom. The van der Waals surface area contributed by atoms with Crippen LogP contribution in [0.3, 0.4) is 0 Å². The molecule has 1 aromatic rings. The van der Waals surface area contributed by atoms with Crippen molar-refractivity contribution in [2.45, 2.75) is 19.0 Å². The number of rotatable bonds is 3. The van der Waals surface area contributed by atoms with Crippen molar-refractivity contribution in [2.24, 2.45) is 5.41 Å². The van der Waals surface area contributed by atoms with Gasteiger partial charge in [-0.05, 0) is 30.5 Å². The zero-order chi connectivity index (χ0) is 14.1. The minimum absolute atomic E-state index is 0.101. The summed E-state index contributed by atoms with van der Waals surface area (Å²) in [5, 5.41) is 9.25. The third kappa shape index (κ3) is 2.89. The van der Waals surface area contributed by atoms with Crippen LogP contribution in [0.1, 0.15) is 17.5 Å². The second kappa shape index (κ2) is 4.85. The fourth-order valence-corrected chi connectivity index (χ4v) is 2.19. The van der Waals surface area contributed by atoms with Crippen molar-refractivity contribution in [2.75, 3.05) is 13.2 Å². The molecule has 0 bridgehead atoms. The highest BCUT2D eigenvalue weighted by Crippen LogP contribution is 2.34. The third-order valence-corrected chi connectivity index (χ3v) is 3.38. The summed E-state index contributed by atoms with van der Waals surface area (Å²) in [5.74, 6) is -0.968. The Hall–Kier alpha value is -1.56. The van der Waals surface area contributed by atoms with E-state index in [4.69, 9.17) is 4.74 Å². The SMILES string of the molecule is O=C(O)[C@]1(Cc2ccc(C(F)(F)F)cc2)CCOC1. The number of alkyl halides is 3. The lowest BCUT2D eigenvalue weighted by Crippen LogP contribution is -2.33. The van der Waals surface area contributed by atoms with Crippen molar-refractivity contribution in [1.82, 2.24) is 0 Å². The Morgan fingerprint density at radius 3 is 2.37 bits per heavy atom. The van der Waals surface area contributed by atoms with E-state index in [2.05, 4.69) is 0 Å². The van der Waals surface area contributed by atoms with E-state index in [-0.39, 0.29) is 13.0 Å². The van der Waals surface area contributed by atoms with Gasteiger partial charge in [-0.25, -0.2) is 0 Å². The van der Waals surface area contributed by atoms with Crippen molar-refractivity contribution >= 4 is 5.97 Å². The Morgan fingerprint density at radius 1 is 1.32 bits per heavy atom. The number of ether oxygens (including phenoxy) is 1. The van der Waals surface area contributed by atoms with E-state index in [1.54, 1.807) is 0 Å². The second-order valence-electron chi connectivity index (χ2n) is 4.76. The second-order valence-corrected chi connectivity index (χ2v) is 4.76. The highest BCUT2D eigenvalue weighted by Gasteiger charge is 2.42. The van der Waals surface area contributed by atoms with Crippen molar-refractivity contribution < 1.29 is 27.8 Å². The molecule has 0 amide bonds. The van der Waals surface area contributed by atoms with Gasteiger partial charge in [0.2, 0.25) is 0 Å². The summed E-state index contributed by atoms with van der Waals surface area (Å²) in [7, 11) is 0. The number of halogens is 3. The first-order valence-electron chi connectivity index (χ1n) is 5.81. The van der Waals surface area contributed by atoms with Crippen LogP contribution >= 0.6 is 0 Å². The van der Waals surface area contributed by atoms with E-state index in [0.717, 1.165) is 12.1 Å². The molecule has 0 aromatic heterocycles. The molecule has 1 aromatic carbocycles. The maximum Gasteiger partial charge on any atom is 0.416 e. The van der Waals surface area contributed by atoms with Gasteiger partial charge in [0.1, 0.15) is 0 Å². The van der Waals surface area contributed by atoms with Crippen LogP contribution < -0.4 is 0 Å². The number of benzene rings is 1. The molecule has 0 unspecified atom stereocenters. The summed E-state index contributed by atoms with van der Waals surface area (Å²) in [6, 6.07) is 4.60. The molecule has 1 heterocycles. The molecule has 1 atom stereocenters.